The SMILES string of the molecule is NC(CCl)=Nc1cc(Br)c([N+](=O)[O-])cc1Br. The molecule has 0 bridgehead atoms. The van der Waals surface area contributed by atoms with Crippen LogP contribution in [0.1, 0.15) is 0 Å². The summed E-state index contributed by atoms with van der Waals surface area (Å²) in [7, 11) is 0. The molecule has 0 saturated carbocycles. The van der Waals surface area contributed by atoms with E-state index in [0.717, 1.165) is 0 Å². The van der Waals surface area contributed by atoms with Crippen LogP contribution in [0.5, 0.6) is 0 Å². The number of benzene rings is 1. The van der Waals surface area contributed by atoms with Gasteiger partial charge in [-0.1, -0.05) is 0 Å². The molecule has 0 atom stereocenters. The van der Waals surface area contributed by atoms with Crippen molar-refractivity contribution in [3.8, 4) is 0 Å². The van der Waals surface area contributed by atoms with Crippen molar-refractivity contribution in [3.63, 3.8) is 0 Å². The van der Waals surface area contributed by atoms with Crippen molar-refractivity contribution < 1.29 is 4.92 Å². The number of nitrogens with zero attached hydrogens (tertiary/aromatic N) is 2. The predicted molar refractivity (Wildman–Crippen MR) is 70.5 cm³/mol. The molecule has 0 aliphatic rings. The molecule has 0 aliphatic heterocycles. The second-order valence-electron chi connectivity index (χ2n) is 2.75. The van der Waals surface area contributed by atoms with E-state index < -0.39 is 4.92 Å². The number of nitro benzene ring substituents is 1. The first-order valence-corrected chi connectivity index (χ1v) is 6.10. The summed E-state index contributed by atoms with van der Waals surface area (Å²) in [5.41, 5.74) is 5.91. The number of nitro groups is 1. The Morgan fingerprint density at radius 1 is 1.50 bits per heavy atom. The number of alkyl halides is 1. The molecule has 0 heterocycles. The number of aliphatic imine (C=N–C) groups is 1. The van der Waals surface area contributed by atoms with Crippen LogP contribution in [0.15, 0.2) is 26.1 Å². The molecule has 0 unspecified atom stereocenters. The Kier molecular flexibility index (Phi) is 4.69. The summed E-state index contributed by atoms with van der Waals surface area (Å²) in [5, 5.41) is 10.6. The minimum atomic E-state index is -0.493. The van der Waals surface area contributed by atoms with Crippen LogP contribution in [0.2, 0.25) is 0 Å². The summed E-state index contributed by atoms with van der Waals surface area (Å²) < 4.78 is 0.817. The smallest absolute Gasteiger partial charge is 0.284 e. The van der Waals surface area contributed by atoms with Crippen molar-refractivity contribution in [1.29, 1.82) is 0 Å². The van der Waals surface area contributed by atoms with Gasteiger partial charge in [0, 0.05) is 6.07 Å². The number of hydrogen-bond donors (Lipinski definition) is 1. The monoisotopic (exact) mass is 369 g/mol. The zero-order valence-electron chi connectivity index (χ0n) is 7.78. The van der Waals surface area contributed by atoms with E-state index in [9.17, 15) is 10.1 Å². The molecule has 86 valence electrons. The summed E-state index contributed by atoms with van der Waals surface area (Å²) in [6.45, 7) is 0. The molecule has 0 aromatic heterocycles. The molecule has 1 aromatic carbocycles. The first kappa shape index (κ1) is 13.4. The van der Waals surface area contributed by atoms with Crippen molar-refractivity contribution in [3.05, 3.63) is 31.2 Å². The molecule has 0 aliphatic carbocycles. The summed E-state index contributed by atoms with van der Waals surface area (Å²) in [5.74, 6) is 0.337. The Labute approximate surface area is 113 Å². The Bertz CT molecular complexity index is 465. The zero-order valence-corrected chi connectivity index (χ0v) is 11.7. The maximum absolute atomic E-state index is 10.6. The Morgan fingerprint density at radius 2 is 2.12 bits per heavy atom. The van der Waals surface area contributed by atoms with Gasteiger partial charge in [-0.15, -0.1) is 11.6 Å². The quantitative estimate of drug-likeness (QED) is 0.291. The van der Waals surface area contributed by atoms with Gasteiger partial charge in [0.1, 0.15) is 5.84 Å². The van der Waals surface area contributed by atoms with Gasteiger partial charge in [-0.2, -0.15) is 0 Å². The number of hydrogen-bond acceptors (Lipinski definition) is 3. The third-order valence-electron chi connectivity index (χ3n) is 1.61. The fraction of sp³-hybridized carbons (Fsp3) is 0.125. The molecular weight excluding hydrogens is 365 g/mol. The first-order valence-electron chi connectivity index (χ1n) is 3.98. The molecule has 0 amide bonds. The molecule has 0 saturated heterocycles. The molecule has 5 nitrogen and oxygen atoms in total. The lowest BCUT2D eigenvalue weighted by Crippen LogP contribution is -2.12. The van der Waals surface area contributed by atoms with E-state index in [0.29, 0.717) is 14.6 Å². The van der Waals surface area contributed by atoms with Crippen molar-refractivity contribution in [2.24, 2.45) is 10.7 Å². The van der Waals surface area contributed by atoms with Crippen LogP contribution in [0.4, 0.5) is 11.4 Å². The highest BCUT2D eigenvalue weighted by Gasteiger charge is 2.15. The highest BCUT2D eigenvalue weighted by Crippen LogP contribution is 2.35. The molecule has 1 rings (SSSR count). The molecule has 0 spiro atoms. The highest BCUT2D eigenvalue weighted by atomic mass is 79.9. The highest BCUT2D eigenvalue weighted by molar-refractivity contribution is 9.11. The van der Waals surface area contributed by atoms with Gasteiger partial charge in [0.05, 0.1) is 25.4 Å². The average molecular weight is 371 g/mol. The van der Waals surface area contributed by atoms with Crippen LogP contribution < -0.4 is 5.73 Å². The van der Waals surface area contributed by atoms with Crippen molar-refractivity contribution in [2.45, 2.75) is 0 Å². The Balaban J connectivity index is 3.26. The van der Waals surface area contributed by atoms with Crippen LogP contribution in [0.3, 0.4) is 0 Å². The van der Waals surface area contributed by atoms with Gasteiger partial charge in [-0.3, -0.25) is 10.1 Å². The predicted octanol–water partition coefficient (Wildman–Crippen LogP) is 3.35. The van der Waals surface area contributed by atoms with Crippen LogP contribution in [0, 0.1) is 10.1 Å². The lowest BCUT2D eigenvalue weighted by Gasteiger charge is -2.02. The van der Waals surface area contributed by atoms with Gasteiger partial charge in [0.15, 0.2) is 0 Å². The summed E-state index contributed by atoms with van der Waals surface area (Å²) in [4.78, 5) is 14.1. The van der Waals surface area contributed by atoms with Crippen LogP contribution >= 0.6 is 43.5 Å². The van der Waals surface area contributed by atoms with Crippen molar-refractivity contribution in [1.82, 2.24) is 0 Å². The van der Waals surface area contributed by atoms with E-state index in [1.54, 1.807) is 0 Å². The standard InChI is InChI=1S/C8H6Br2ClN3O2/c9-4-2-7(14(15)16)5(10)1-6(4)13-8(12)3-11/h1-2H,3H2,(H2,12,13). The van der Waals surface area contributed by atoms with Gasteiger partial charge in [-0.25, -0.2) is 4.99 Å². The van der Waals surface area contributed by atoms with Crippen LogP contribution in [0.25, 0.3) is 0 Å². The zero-order chi connectivity index (χ0) is 12.3. The number of nitrogens with two attached hydrogens (primary N) is 1. The fourth-order valence-electron chi connectivity index (χ4n) is 0.936. The minimum absolute atomic E-state index is 0.0460. The Hall–Kier alpha value is -0.660. The minimum Gasteiger partial charge on any atom is -0.386 e. The van der Waals surface area contributed by atoms with E-state index in [-0.39, 0.29) is 17.4 Å². The number of amidine groups is 1. The molecule has 1 aromatic rings. The second-order valence-corrected chi connectivity index (χ2v) is 4.72. The van der Waals surface area contributed by atoms with Gasteiger partial charge >= 0.3 is 0 Å². The van der Waals surface area contributed by atoms with Gasteiger partial charge < -0.3 is 5.73 Å². The molecule has 0 fully saturated rings. The van der Waals surface area contributed by atoms with Gasteiger partial charge in [0.25, 0.3) is 5.69 Å². The van der Waals surface area contributed by atoms with E-state index in [2.05, 4.69) is 36.9 Å². The van der Waals surface area contributed by atoms with Crippen LogP contribution in [-0.4, -0.2) is 16.6 Å². The normalized spacial score (nSPS) is 11.6. The van der Waals surface area contributed by atoms with E-state index in [1.807, 2.05) is 0 Å². The molecular formula is C8H6Br2ClN3O2. The topological polar surface area (TPSA) is 81.5 Å². The average Bonchev–Trinajstić information content (AvgIpc) is 2.22. The first-order chi connectivity index (χ1) is 7.45. The van der Waals surface area contributed by atoms with E-state index >= 15 is 0 Å². The second kappa shape index (κ2) is 5.60. The molecule has 16 heavy (non-hydrogen) atoms. The van der Waals surface area contributed by atoms with E-state index in [4.69, 9.17) is 17.3 Å². The largest absolute Gasteiger partial charge is 0.386 e. The number of halogens is 3. The Morgan fingerprint density at radius 3 is 2.62 bits per heavy atom. The summed E-state index contributed by atoms with van der Waals surface area (Å²) in [6.07, 6.45) is 0. The number of rotatable bonds is 3. The van der Waals surface area contributed by atoms with Gasteiger partial charge in [-0.05, 0) is 37.9 Å². The summed E-state index contributed by atoms with van der Waals surface area (Å²) in [6, 6.07) is 2.85. The van der Waals surface area contributed by atoms with Crippen molar-refractivity contribution >= 4 is 60.7 Å². The lowest BCUT2D eigenvalue weighted by atomic mass is 10.3. The fourth-order valence-corrected chi connectivity index (χ4v) is 1.89. The molecule has 0 radical (unpaired) electrons. The third kappa shape index (κ3) is 3.16. The lowest BCUT2D eigenvalue weighted by molar-refractivity contribution is -0.385. The van der Waals surface area contributed by atoms with Gasteiger partial charge in [0.2, 0.25) is 0 Å². The molecule has 8 heteroatoms. The maximum Gasteiger partial charge on any atom is 0.284 e. The summed E-state index contributed by atoms with van der Waals surface area (Å²) >= 11 is 11.7. The molecule has 2 N–H and O–H groups in total. The van der Waals surface area contributed by atoms with Crippen LogP contribution in [-0.2, 0) is 0 Å². The maximum atomic E-state index is 10.6. The van der Waals surface area contributed by atoms with E-state index in [1.165, 1.54) is 12.1 Å². The van der Waals surface area contributed by atoms with Crippen molar-refractivity contribution in [2.75, 3.05) is 5.88 Å². The third-order valence-corrected chi connectivity index (χ3v) is 3.16.